The standard InChI is InChI=1S/C2H5N3O2.Ni/c3-1(6)5-2(4)7;/h(H5,3,4,5,6,7);. The average molecular weight is 162 g/mol. The Morgan fingerprint density at radius 2 is 1.38 bits per heavy atom. The van der Waals surface area contributed by atoms with Crippen molar-refractivity contribution in [3.63, 3.8) is 0 Å². The van der Waals surface area contributed by atoms with Crippen LogP contribution in [0.5, 0.6) is 0 Å². The van der Waals surface area contributed by atoms with Crippen molar-refractivity contribution in [3.8, 4) is 0 Å². The Morgan fingerprint density at radius 1 is 1.12 bits per heavy atom. The second-order valence-electron chi connectivity index (χ2n) is 0.854. The summed E-state index contributed by atoms with van der Waals surface area (Å²) in [5, 5.41) is 1.58. The molecule has 5 nitrogen and oxygen atoms in total. The van der Waals surface area contributed by atoms with E-state index in [-0.39, 0.29) is 16.5 Å². The molecule has 0 spiro atoms. The van der Waals surface area contributed by atoms with E-state index in [1.54, 1.807) is 5.32 Å². The Hall–Kier alpha value is -0.766. The Kier molecular flexibility index (Phi) is 5.64. The van der Waals surface area contributed by atoms with Gasteiger partial charge in [0, 0.05) is 16.5 Å². The van der Waals surface area contributed by atoms with Crippen molar-refractivity contribution in [2.75, 3.05) is 0 Å². The van der Waals surface area contributed by atoms with Crippen LogP contribution in [0.15, 0.2) is 0 Å². The normalized spacial score (nSPS) is 6.50. The maximum Gasteiger partial charge on any atom is 0.320 e. The third kappa shape index (κ3) is 8.97. The molecule has 0 fully saturated rings. The molecule has 0 bridgehead atoms. The maximum atomic E-state index is 9.62. The molecule has 50 valence electrons. The minimum atomic E-state index is -0.938. The van der Waals surface area contributed by atoms with Gasteiger partial charge >= 0.3 is 12.1 Å². The number of nitrogens with two attached hydrogens (primary N) is 2. The fourth-order valence-electron chi connectivity index (χ4n) is 0.121. The molecule has 0 unspecified atom stereocenters. The molecule has 6 heteroatoms. The number of hydrogen-bond donors (Lipinski definition) is 3. The van der Waals surface area contributed by atoms with Crippen LogP contribution >= 0.6 is 0 Å². The number of rotatable bonds is 0. The quantitative estimate of drug-likeness (QED) is 0.387. The van der Waals surface area contributed by atoms with E-state index >= 15 is 0 Å². The molecule has 0 radical (unpaired) electrons. The fraction of sp³-hybridized carbons (Fsp3) is 0. The van der Waals surface area contributed by atoms with Gasteiger partial charge in [-0.1, -0.05) is 0 Å². The second kappa shape index (κ2) is 4.39. The number of carbonyl (C=O) groups is 2. The Morgan fingerprint density at radius 3 is 1.38 bits per heavy atom. The molecule has 8 heavy (non-hydrogen) atoms. The Bertz CT molecular complexity index is 91.5. The number of primary amides is 2. The van der Waals surface area contributed by atoms with Crippen molar-refractivity contribution in [2.45, 2.75) is 0 Å². The van der Waals surface area contributed by atoms with Gasteiger partial charge in [-0.05, 0) is 0 Å². The zero-order chi connectivity index (χ0) is 5.86. The molecule has 0 heterocycles. The van der Waals surface area contributed by atoms with E-state index in [2.05, 4.69) is 11.5 Å². The van der Waals surface area contributed by atoms with E-state index < -0.39 is 12.1 Å². The first-order chi connectivity index (χ1) is 3.13. The van der Waals surface area contributed by atoms with Crippen molar-refractivity contribution >= 4 is 12.1 Å². The molecule has 0 aliphatic rings. The van der Waals surface area contributed by atoms with Crippen LogP contribution in [-0.4, -0.2) is 12.1 Å². The van der Waals surface area contributed by atoms with E-state index in [1.807, 2.05) is 0 Å². The van der Waals surface area contributed by atoms with Crippen LogP contribution in [-0.2, 0) is 16.5 Å². The van der Waals surface area contributed by atoms with Crippen molar-refractivity contribution in [3.05, 3.63) is 0 Å². The van der Waals surface area contributed by atoms with Gasteiger partial charge in [0.05, 0.1) is 0 Å². The smallest absolute Gasteiger partial charge is 0.320 e. The number of hydrogen-bond acceptors (Lipinski definition) is 2. The maximum absolute atomic E-state index is 9.62. The molecule has 0 aliphatic carbocycles. The summed E-state index contributed by atoms with van der Waals surface area (Å²) in [5.41, 5.74) is 8.88. The van der Waals surface area contributed by atoms with Gasteiger partial charge in [-0.15, -0.1) is 0 Å². The van der Waals surface area contributed by atoms with Crippen LogP contribution < -0.4 is 16.8 Å². The van der Waals surface area contributed by atoms with E-state index in [4.69, 9.17) is 0 Å². The summed E-state index contributed by atoms with van der Waals surface area (Å²) >= 11 is 0. The van der Waals surface area contributed by atoms with Crippen molar-refractivity contribution in [1.29, 1.82) is 0 Å². The monoisotopic (exact) mass is 161 g/mol. The summed E-state index contributed by atoms with van der Waals surface area (Å²) < 4.78 is 0. The number of carbonyl (C=O) groups excluding carboxylic acids is 2. The topological polar surface area (TPSA) is 98.2 Å². The van der Waals surface area contributed by atoms with Crippen LogP contribution in [0.3, 0.4) is 0 Å². The molecule has 0 aromatic carbocycles. The molecule has 0 saturated carbocycles. The van der Waals surface area contributed by atoms with Gasteiger partial charge in [0.15, 0.2) is 0 Å². The van der Waals surface area contributed by atoms with Crippen LogP contribution in [0.2, 0.25) is 0 Å². The minimum absolute atomic E-state index is 0. The summed E-state index contributed by atoms with van der Waals surface area (Å²) in [6, 6.07) is -1.88. The van der Waals surface area contributed by atoms with Crippen LogP contribution in [0.4, 0.5) is 9.59 Å². The molecule has 4 amide bonds. The third-order valence-corrected chi connectivity index (χ3v) is 0.246. The van der Waals surface area contributed by atoms with E-state index in [0.29, 0.717) is 0 Å². The van der Waals surface area contributed by atoms with Crippen LogP contribution in [0.1, 0.15) is 0 Å². The van der Waals surface area contributed by atoms with Gasteiger partial charge in [-0.2, -0.15) is 0 Å². The molecule has 0 rings (SSSR count). The zero-order valence-corrected chi connectivity index (χ0v) is 4.78. The fourth-order valence-corrected chi connectivity index (χ4v) is 0.121. The Balaban J connectivity index is 0. The van der Waals surface area contributed by atoms with Crippen molar-refractivity contribution in [2.24, 2.45) is 11.5 Å². The summed E-state index contributed by atoms with van der Waals surface area (Å²) in [6.07, 6.45) is 0. The molecular formula is C2H5N3NiO2. The van der Waals surface area contributed by atoms with E-state index in [0.717, 1.165) is 0 Å². The number of amides is 4. The minimum Gasteiger partial charge on any atom is -0.351 e. The number of nitrogens with one attached hydrogen (secondary N) is 1. The van der Waals surface area contributed by atoms with Crippen molar-refractivity contribution < 1.29 is 26.1 Å². The predicted octanol–water partition coefficient (Wildman–Crippen LogP) is -1.27. The van der Waals surface area contributed by atoms with Gasteiger partial charge in [0.1, 0.15) is 0 Å². The van der Waals surface area contributed by atoms with Crippen LogP contribution in [0.25, 0.3) is 0 Å². The van der Waals surface area contributed by atoms with Gasteiger partial charge < -0.3 is 11.5 Å². The zero-order valence-electron chi connectivity index (χ0n) is 3.79. The summed E-state index contributed by atoms with van der Waals surface area (Å²) in [7, 11) is 0. The SMILES string of the molecule is NC(=O)NC(N)=O.[Ni]. The van der Waals surface area contributed by atoms with Gasteiger partial charge in [0.2, 0.25) is 0 Å². The third-order valence-electron chi connectivity index (χ3n) is 0.246. The predicted molar refractivity (Wildman–Crippen MR) is 22.3 cm³/mol. The largest absolute Gasteiger partial charge is 0.351 e. The average Bonchev–Trinajstić information content (AvgIpc) is 1.27. The molecule has 0 atom stereocenters. The summed E-state index contributed by atoms with van der Waals surface area (Å²) in [6.45, 7) is 0. The Labute approximate surface area is 55.7 Å². The van der Waals surface area contributed by atoms with Gasteiger partial charge in [-0.25, -0.2) is 9.59 Å². The van der Waals surface area contributed by atoms with Gasteiger partial charge in [0.25, 0.3) is 0 Å². The molecular weight excluding hydrogens is 157 g/mol. The summed E-state index contributed by atoms with van der Waals surface area (Å²) in [4.78, 5) is 19.2. The molecule has 5 N–H and O–H groups in total. The molecule has 0 saturated heterocycles. The molecule has 0 aliphatic heterocycles. The van der Waals surface area contributed by atoms with Gasteiger partial charge in [-0.3, -0.25) is 5.32 Å². The number of urea groups is 2. The second-order valence-corrected chi connectivity index (χ2v) is 0.854. The molecule has 0 aromatic rings. The molecule has 0 aromatic heterocycles. The first kappa shape index (κ1) is 10.3. The first-order valence-electron chi connectivity index (χ1n) is 1.49. The van der Waals surface area contributed by atoms with E-state index in [1.165, 1.54) is 0 Å². The van der Waals surface area contributed by atoms with Crippen LogP contribution in [0, 0.1) is 0 Å². The van der Waals surface area contributed by atoms with E-state index in [9.17, 15) is 9.59 Å². The summed E-state index contributed by atoms with van der Waals surface area (Å²) in [5.74, 6) is 0. The number of imide groups is 1. The van der Waals surface area contributed by atoms with Crippen molar-refractivity contribution in [1.82, 2.24) is 5.32 Å². The first-order valence-corrected chi connectivity index (χ1v) is 1.49.